The molecule has 0 bridgehead atoms. The predicted molar refractivity (Wildman–Crippen MR) is 99.1 cm³/mol. The lowest BCUT2D eigenvalue weighted by atomic mass is 9.81. The van der Waals surface area contributed by atoms with Crippen molar-refractivity contribution in [2.45, 2.75) is 39.2 Å². The summed E-state index contributed by atoms with van der Waals surface area (Å²) in [5.74, 6) is 1.37. The van der Waals surface area contributed by atoms with Gasteiger partial charge in [0.15, 0.2) is 5.82 Å². The Bertz CT molecular complexity index is 1020. The second-order valence-electron chi connectivity index (χ2n) is 7.12. The fourth-order valence-electron chi connectivity index (χ4n) is 3.65. The van der Waals surface area contributed by atoms with Crippen LogP contribution >= 0.6 is 0 Å². The van der Waals surface area contributed by atoms with Crippen LogP contribution in [0, 0.1) is 18.8 Å². The number of carbonyl (C=O) groups is 1. The Labute approximate surface area is 155 Å². The van der Waals surface area contributed by atoms with Gasteiger partial charge in [0.05, 0.1) is 5.39 Å². The Morgan fingerprint density at radius 2 is 2.04 bits per heavy atom. The summed E-state index contributed by atoms with van der Waals surface area (Å²) < 4.78 is 6.42. The highest BCUT2D eigenvalue weighted by atomic mass is 16.5. The van der Waals surface area contributed by atoms with Crippen LogP contribution in [0.1, 0.15) is 31.4 Å². The first kappa shape index (κ1) is 17.4. The average Bonchev–Trinajstić information content (AvgIpc) is 3.09. The predicted octanol–water partition coefficient (Wildman–Crippen LogP) is 2.53. The first-order valence-electron chi connectivity index (χ1n) is 9.17. The normalized spacial score (nSPS) is 19.9. The van der Waals surface area contributed by atoms with Crippen LogP contribution in [0.5, 0.6) is 0 Å². The highest BCUT2D eigenvalue weighted by Crippen LogP contribution is 2.30. The summed E-state index contributed by atoms with van der Waals surface area (Å²) in [7, 11) is 0. The fourth-order valence-corrected chi connectivity index (χ4v) is 3.65. The van der Waals surface area contributed by atoms with Crippen molar-refractivity contribution < 1.29 is 9.32 Å². The van der Waals surface area contributed by atoms with E-state index in [1.807, 2.05) is 12.1 Å². The number of fused-ring (bicyclic) bond motifs is 1. The van der Waals surface area contributed by atoms with Crippen molar-refractivity contribution in [3.05, 3.63) is 46.4 Å². The Morgan fingerprint density at radius 3 is 2.78 bits per heavy atom. The van der Waals surface area contributed by atoms with Crippen LogP contribution in [0.2, 0.25) is 0 Å². The molecule has 0 aliphatic heterocycles. The van der Waals surface area contributed by atoms with Crippen molar-refractivity contribution in [3.8, 4) is 0 Å². The second-order valence-corrected chi connectivity index (χ2v) is 7.12. The van der Waals surface area contributed by atoms with Crippen LogP contribution in [0.15, 0.2) is 39.6 Å². The molecule has 0 unspecified atom stereocenters. The Morgan fingerprint density at radius 1 is 1.26 bits per heavy atom. The highest BCUT2D eigenvalue weighted by Gasteiger charge is 2.27. The standard InChI is InChI=1S/C19H21N5O3/c1-12-10-17(22-27-12)20-18(25)14-8-6-13(7-9-14)11-24-19(26)15-4-2-3-5-16(15)21-23-24/h2-5,10,13-14H,6-9,11H2,1H3,(H,20,22,25). The SMILES string of the molecule is Cc1cc(NC(=O)C2CCC(Cn3nnc4ccccc4c3=O)CC2)no1. The molecule has 4 rings (SSSR count). The topological polar surface area (TPSA) is 103 Å². The van der Waals surface area contributed by atoms with Gasteiger partial charge in [0.25, 0.3) is 5.56 Å². The van der Waals surface area contributed by atoms with Crippen molar-refractivity contribution in [2.24, 2.45) is 11.8 Å². The maximum Gasteiger partial charge on any atom is 0.277 e. The molecule has 1 aliphatic rings. The van der Waals surface area contributed by atoms with E-state index in [1.54, 1.807) is 25.1 Å². The van der Waals surface area contributed by atoms with E-state index in [-0.39, 0.29) is 17.4 Å². The summed E-state index contributed by atoms with van der Waals surface area (Å²) in [5.41, 5.74) is 0.504. The lowest BCUT2D eigenvalue weighted by Crippen LogP contribution is -2.32. The largest absolute Gasteiger partial charge is 0.360 e. The van der Waals surface area contributed by atoms with Crippen molar-refractivity contribution in [3.63, 3.8) is 0 Å². The molecule has 1 aliphatic carbocycles. The molecule has 140 valence electrons. The van der Waals surface area contributed by atoms with E-state index < -0.39 is 0 Å². The number of nitrogens with one attached hydrogen (secondary N) is 1. The third-order valence-corrected chi connectivity index (χ3v) is 5.16. The molecule has 3 aromatic rings. The zero-order valence-electron chi connectivity index (χ0n) is 15.1. The van der Waals surface area contributed by atoms with E-state index in [0.717, 1.165) is 25.7 Å². The summed E-state index contributed by atoms with van der Waals surface area (Å²) in [6, 6.07) is 8.93. The van der Waals surface area contributed by atoms with E-state index in [2.05, 4.69) is 20.8 Å². The van der Waals surface area contributed by atoms with E-state index >= 15 is 0 Å². The number of nitrogens with zero attached hydrogens (tertiary/aromatic N) is 4. The Hall–Kier alpha value is -3.03. The summed E-state index contributed by atoms with van der Waals surface area (Å²) in [4.78, 5) is 24.9. The van der Waals surface area contributed by atoms with Crippen molar-refractivity contribution in [1.29, 1.82) is 0 Å². The van der Waals surface area contributed by atoms with Gasteiger partial charge in [-0.1, -0.05) is 22.5 Å². The van der Waals surface area contributed by atoms with Gasteiger partial charge in [-0.25, -0.2) is 4.68 Å². The molecule has 8 nitrogen and oxygen atoms in total. The van der Waals surface area contributed by atoms with Gasteiger partial charge in [-0.3, -0.25) is 9.59 Å². The molecule has 1 N–H and O–H groups in total. The smallest absolute Gasteiger partial charge is 0.277 e. The number of anilines is 1. The monoisotopic (exact) mass is 367 g/mol. The molecule has 2 aromatic heterocycles. The number of amides is 1. The number of aryl methyl sites for hydroxylation is 1. The lowest BCUT2D eigenvalue weighted by Gasteiger charge is -2.27. The maximum atomic E-state index is 12.6. The molecule has 8 heteroatoms. The van der Waals surface area contributed by atoms with E-state index in [0.29, 0.717) is 34.9 Å². The van der Waals surface area contributed by atoms with Gasteiger partial charge in [-0.2, -0.15) is 0 Å². The molecule has 0 saturated heterocycles. The van der Waals surface area contributed by atoms with Crippen LogP contribution in [-0.4, -0.2) is 26.1 Å². The molecule has 1 aromatic carbocycles. The molecule has 0 spiro atoms. The quantitative estimate of drug-likeness (QED) is 0.760. The van der Waals surface area contributed by atoms with Gasteiger partial charge in [0.1, 0.15) is 11.3 Å². The molecule has 1 saturated carbocycles. The first-order valence-corrected chi connectivity index (χ1v) is 9.17. The molecule has 1 fully saturated rings. The summed E-state index contributed by atoms with van der Waals surface area (Å²) in [6.07, 6.45) is 3.31. The van der Waals surface area contributed by atoms with Gasteiger partial charge < -0.3 is 9.84 Å². The minimum absolute atomic E-state index is 0.0237. The Balaban J connectivity index is 1.36. The van der Waals surface area contributed by atoms with Gasteiger partial charge in [-0.05, 0) is 50.7 Å². The highest BCUT2D eigenvalue weighted by molar-refractivity contribution is 5.91. The first-order chi connectivity index (χ1) is 13.1. The third kappa shape index (κ3) is 3.74. The van der Waals surface area contributed by atoms with E-state index in [4.69, 9.17) is 4.52 Å². The zero-order chi connectivity index (χ0) is 18.8. The van der Waals surface area contributed by atoms with Crippen molar-refractivity contribution in [1.82, 2.24) is 20.2 Å². The molecular weight excluding hydrogens is 346 g/mol. The number of rotatable bonds is 4. The van der Waals surface area contributed by atoms with Gasteiger partial charge in [0.2, 0.25) is 5.91 Å². The van der Waals surface area contributed by atoms with Gasteiger partial charge in [-0.15, -0.1) is 5.10 Å². The van der Waals surface area contributed by atoms with Crippen LogP contribution in [-0.2, 0) is 11.3 Å². The number of aromatic nitrogens is 4. The Kier molecular flexibility index (Phi) is 4.70. The molecule has 0 atom stereocenters. The fraction of sp³-hybridized carbons (Fsp3) is 0.421. The van der Waals surface area contributed by atoms with Gasteiger partial charge in [0, 0.05) is 18.5 Å². The third-order valence-electron chi connectivity index (χ3n) is 5.16. The summed E-state index contributed by atoms with van der Waals surface area (Å²) in [6.45, 7) is 2.32. The van der Waals surface area contributed by atoms with E-state index in [9.17, 15) is 9.59 Å². The molecule has 2 heterocycles. The van der Waals surface area contributed by atoms with Crippen molar-refractivity contribution in [2.75, 3.05) is 5.32 Å². The lowest BCUT2D eigenvalue weighted by molar-refractivity contribution is -0.121. The number of carbonyl (C=O) groups excluding carboxylic acids is 1. The summed E-state index contributed by atoms with van der Waals surface area (Å²) in [5, 5.41) is 15.4. The summed E-state index contributed by atoms with van der Waals surface area (Å²) >= 11 is 0. The average molecular weight is 367 g/mol. The van der Waals surface area contributed by atoms with Crippen molar-refractivity contribution >= 4 is 22.6 Å². The number of hydrogen-bond acceptors (Lipinski definition) is 6. The molecule has 0 radical (unpaired) electrons. The minimum Gasteiger partial charge on any atom is -0.360 e. The van der Waals surface area contributed by atoms with Crippen LogP contribution in [0.3, 0.4) is 0 Å². The zero-order valence-corrected chi connectivity index (χ0v) is 15.1. The van der Waals surface area contributed by atoms with Gasteiger partial charge >= 0.3 is 0 Å². The van der Waals surface area contributed by atoms with Crippen LogP contribution in [0.4, 0.5) is 5.82 Å². The minimum atomic E-state index is -0.109. The van der Waals surface area contributed by atoms with Crippen LogP contribution in [0.25, 0.3) is 10.9 Å². The van der Waals surface area contributed by atoms with Crippen LogP contribution < -0.4 is 10.9 Å². The molecule has 27 heavy (non-hydrogen) atoms. The number of hydrogen-bond donors (Lipinski definition) is 1. The number of benzene rings is 1. The molecule has 1 amide bonds. The second kappa shape index (κ2) is 7.30. The molecular formula is C19H21N5O3. The maximum absolute atomic E-state index is 12.6. The van der Waals surface area contributed by atoms with E-state index in [1.165, 1.54) is 4.68 Å².